The number of tetrazole rings is 1. The summed E-state index contributed by atoms with van der Waals surface area (Å²) < 4.78 is 17.5. The largest absolute Gasteiger partial charge is 0.493 e. The van der Waals surface area contributed by atoms with Crippen molar-refractivity contribution < 1.29 is 19.0 Å². The summed E-state index contributed by atoms with van der Waals surface area (Å²) >= 11 is 0. The van der Waals surface area contributed by atoms with E-state index in [1.807, 2.05) is 0 Å². The Bertz CT molecular complexity index is 1070. The van der Waals surface area contributed by atoms with Crippen molar-refractivity contribution in [2.75, 3.05) is 18.5 Å². The molecular formula is C24H27N5O4. The maximum Gasteiger partial charge on any atom is 0.255 e. The van der Waals surface area contributed by atoms with Crippen LogP contribution in [0.3, 0.4) is 0 Å². The fourth-order valence-electron chi connectivity index (χ4n) is 3.32. The summed E-state index contributed by atoms with van der Waals surface area (Å²) in [5.41, 5.74) is 1.01. The Morgan fingerprint density at radius 3 is 2.85 bits per heavy atom. The Labute approximate surface area is 192 Å². The average molecular weight is 450 g/mol. The number of carbonyl (C=O) groups is 1. The second-order valence-electron chi connectivity index (χ2n) is 7.55. The molecule has 1 unspecified atom stereocenters. The first-order valence-corrected chi connectivity index (χ1v) is 11.1. The number of hydrogen-bond acceptors (Lipinski definition) is 7. The van der Waals surface area contributed by atoms with E-state index < -0.39 is 6.10 Å². The fourth-order valence-corrected chi connectivity index (χ4v) is 3.32. The average Bonchev–Trinajstić information content (AvgIpc) is 3.39. The highest BCUT2D eigenvalue weighted by atomic mass is 16.6. The molecular weight excluding hydrogens is 422 g/mol. The molecule has 2 heterocycles. The van der Waals surface area contributed by atoms with Crippen molar-refractivity contribution in [3.05, 3.63) is 66.0 Å². The number of nitrogens with one attached hydrogen (secondary N) is 2. The van der Waals surface area contributed by atoms with Gasteiger partial charge in [0.05, 0.1) is 12.3 Å². The van der Waals surface area contributed by atoms with Crippen LogP contribution in [-0.2, 0) is 0 Å². The van der Waals surface area contributed by atoms with Crippen LogP contribution in [-0.4, -0.2) is 39.7 Å². The molecule has 4 rings (SSSR count). The van der Waals surface area contributed by atoms with Gasteiger partial charge in [0.2, 0.25) is 5.82 Å². The third kappa shape index (κ3) is 5.88. The number of rotatable bonds is 10. The quantitative estimate of drug-likeness (QED) is 0.347. The van der Waals surface area contributed by atoms with Gasteiger partial charge in [-0.05, 0) is 49.2 Å². The zero-order valence-electron chi connectivity index (χ0n) is 18.5. The van der Waals surface area contributed by atoms with Crippen LogP contribution in [0.1, 0.15) is 54.9 Å². The van der Waals surface area contributed by atoms with Gasteiger partial charge in [-0.25, -0.2) is 0 Å². The Morgan fingerprint density at radius 1 is 1.21 bits per heavy atom. The predicted octanol–water partition coefficient (Wildman–Crippen LogP) is 4.48. The molecule has 2 N–H and O–H groups in total. The van der Waals surface area contributed by atoms with Crippen LogP contribution >= 0.6 is 0 Å². The van der Waals surface area contributed by atoms with Gasteiger partial charge in [0, 0.05) is 5.56 Å². The summed E-state index contributed by atoms with van der Waals surface area (Å²) in [6.07, 6.45) is 8.21. The van der Waals surface area contributed by atoms with Gasteiger partial charge in [-0.15, -0.1) is 10.2 Å². The highest BCUT2D eigenvalue weighted by Crippen LogP contribution is 2.41. The molecule has 1 aliphatic heterocycles. The molecule has 0 bridgehead atoms. The van der Waals surface area contributed by atoms with Crippen molar-refractivity contribution >= 4 is 11.6 Å². The topological polar surface area (TPSA) is 111 Å². The van der Waals surface area contributed by atoms with Gasteiger partial charge in [0.15, 0.2) is 17.6 Å². The van der Waals surface area contributed by atoms with Gasteiger partial charge in [0.1, 0.15) is 12.4 Å². The lowest BCUT2D eigenvalue weighted by molar-refractivity contribution is 0.0856. The van der Waals surface area contributed by atoms with Crippen LogP contribution in [0.2, 0.25) is 0 Å². The number of hydrogen-bond donors (Lipinski definition) is 2. The number of amides is 1. The van der Waals surface area contributed by atoms with E-state index in [0.717, 1.165) is 18.6 Å². The van der Waals surface area contributed by atoms with E-state index in [1.165, 1.54) is 12.8 Å². The van der Waals surface area contributed by atoms with Gasteiger partial charge in [-0.3, -0.25) is 4.79 Å². The summed E-state index contributed by atoms with van der Waals surface area (Å²) in [6, 6.07) is 12.4. The first-order chi connectivity index (χ1) is 16.2. The van der Waals surface area contributed by atoms with Gasteiger partial charge < -0.3 is 19.5 Å². The maximum absolute atomic E-state index is 12.8. The first-order valence-electron chi connectivity index (χ1n) is 11.1. The second kappa shape index (κ2) is 11.1. The van der Waals surface area contributed by atoms with Crippen LogP contribution in [0.15, 0.2) is 54.6 Å². The summed E-state index contributed by atoms with van der Waals surface area (Å²) in [4.78, 5) is 12.8. The Kier molecular flexibility index (Phi) is 7.52. The molecule has 0 fully saturated rings. The number of para-hydroxylation sites is 1. The van der Waals surface area contributed by atoms with Gasteiger partial charge in [0.25, 0.3) is 5.91 Å². The number of ether oxygens (including phenoxy) is 3. The van der Waals surface area contributed by atoms with Crippen molar-refractivity contribution in [1.82, 2.24) is 20.6 Å². The number of H-pyrrole nitrogens is 1. The number of nitrogens with zero attached hydrogens (tertiary/aromatic N) is 3. The smallest absolute Gasteiger partial charge is 0.255 e. The molecule has 1 aromatic heterocycles. The van der Waals surface area contributed by atoms with Crippen molar-refractivity contribution in [3.63, 3.8) is 0 Å². The Hall–Kier alpha value is -3.88. The highest BCUT2D eigenvalue weighted by molar-refractivity contribution is 6.05. The third-order valence-electron chi connectivity index (χ3n) is 5.09. The van der Waals surface area contributed by atoms with Crippen molar-refractivity contribution in [2.24, 2.45) is 0 Å². The molecule has 0 spiro atoms. The lowest BCUT2D eigenvalue weighted by atomic mass is 10.2. The molecule has 0 aliphatic carbocycles. The molecule has 0 saturated carbocycles. The second-order valence-corrected chi connectivity index (χ2v) is 7.55. The zero-order chi connectivity index (χ0) is 22.9. The van der Waals surface area contributed by atoms with Crippen molar-refractivity contribution in [1.29, 1.82) is 0 Å². The van der Waals surface area contributed by atoms with Crippen LogP contribution in [0.5, 0.6) is 17.2 Å². The van der Waals surface area contributed by atoms with Gasteiger partial charge >= 0.3 is 0 Å². The lowest BCUT2D eigenvalue weighted by Gasteiger charge is -2.26. The number of carbonyl (C=O) groups excluding carboxylic acids is 1. The van der Waals surface area contributed by atoms with Crippen LogP contribution < -0.4 is 19.5 Å². The molecule has 1 atom stereocenters. The van der Waals surface area contributed by atoms with E-state index in [-0.39, 0.29) is 12.5 Å². The summed E-state index contributed by atoms with van der Waals surface area (Å²) in [5.74, 6) is 1.82. The minimum Gasteiger partial charge on any atom is -0.493 e. The summed E-state index contributed by atoms with van der Waals surface area (Å²) in [7, 11) is 0. The molecule has 9 heteroatoms. The zero-order valence-corrected chi connectivity index (χ0v) is 18.5. The molecule has 172 valence electrons. The molecule has 1 aliphatic rings. The minimum atomic E-state index is -0.521. The van der Waals surface area contributed by atoms with Crippen LogP contribution in [0, 0.1) is 0 Å². The Balaban J connectivity index is 1.34. The molecule has 0 radical (unpaired) electrons. The molecule has 33 heavy (non-hydrogen) atoms. The number of allylic oxidation sites excluding steroid dienone is 1. The maximum atomic E-state index is 12.8. The van der Waals surface area contributed by atoms with Gasteiger partial charge in [-0.1, -0.05) is 43.2 Å². The van der Waals surface area contributed by atoms with Crippen molar-refractivity contribution in [2.45, 2.75) is 38.7 Å². The summed E-state index contributed by atoms with van der Waals surface area (Å²) in [5, 5.41) is 16.7. The number of anilines is 1. The minimum absolute atomic E-state index is 0.250. The van der Waals surface area contributed by atoms with Crippen LogP contribution in [0.4, 0.5) is 5.69 Å². The normalized spacial score (nSPS) is 14.9. The molecule has 3 aromatic rings. The lowest BCUT2D eigenvalue weighted by Crippen LogP contribution is -2.24. The monoisotopic (exact) mass is 449 g/mol. The number of unbranched alkanes of at least 4 members (excludes halogenated alkanes) is 2. The predicted molar refractivity (Wildman–Crippen MR) is 123 cm³/mol. The van der Waals surface area contributed by atoms with E-state index in [2.05, 4.69) is 45.0 Å². The van der Waals surface area contributed by atoms with E-state index in [4.69, 9.17) is 14.2 Å². The van der Waals surface area contributed by atoms with Crippen LogP contribution in [0.25, 0.3) is 0 Å². The molecule has 2 aromatic carbocycles. The fraction of sp³-hybridized carbons (Fsp3) is 0.333. The van der Waals surface area contributed by atoms with Gasteiger partial charge in [-0.2, -0.15) is 5.21 Å². The van der Waals surface area contributed by atoms with E-state index in [0.29, 0.717) is 35.2 Å². The SMILES string of the molecule is CCCCC=CCCOc1ccc(C(=O)Nc2cccc3c2OC(c2nn[nH]n2)CO3)cc1. The first kappa shape index (κ1) is 22.3. The Morgan fingerprint density at radius 2 is 2.06 bits per heavy atom. The van der Waals surface area contributed by atoms with E-state index in [9.17, 15) is 4.79 Å². The number of aromatic nitrogens is 4. The number of aromatic amines is 1. The third-order valence-corrected chi connectivity index (χ3v) is 5.09. The molecule has 0 saturated heterocycles. The molecule has 1 amide bonds. The number of benzene rings is 2. The highest BCUT2D eigenvalue weighted by Gasteiger charge is 2.28. The van der Waals surface area contributed by atoms with E-state index in [1.54, 1.807) is 42.5 Å². The van der Waals surface area contributed by atoms with E-state index >= 15 is 0 Å². The summed E-state index contributed by atoms with van der Waals surface area (Å²) in [6.45, 7) is 3.04. The standard InChI is InChI=1S/C24H27N5O4/c1-2-3-4-5-6-7-15-31-18-13-11-17(12-14-18)24(30)25-19-9-8-10-20-22(19)33-21(16-32-20)23-26-28-29-27-23/h5-6,8-14,21H,2-4,7,15-16H2,1H3,(H,25,30)(H,26,27,28,29). The van der Waals surface area contributed by atoms with Crippen molar-refractivity contribution in [3.8, 4) is 17.2 Å². The molecule has 9 nitrogen and oxygen atoms in total. The number of fused-ring (bicyclic) bond motifs is 1.